The van der Waals surface area contributed by atoms with Gasteiger partial charge in [0.05, 0.1) is 0 Å². The maximum absolute atomic E-state index is 12.4. The summed E-state index contributed by atoms with van der Waals surface area (Å²) in [6.07, 6.45) is 5.41. The van der Waals surface area contributed by atoms with Crippen LogP contribution in [0.5, 0.6) is 0 Å². The first-order valence-electron chi connectivity index (χ1n) is 9.43. The largest absolute Gasteiger partial charge is 0.340 e. The quantitative estimate of drug-likeness (QED) is 0.723. The smallest absolute Gasteiger partial charge is 0.246 e. The third-order valence-electron chi connectivity index (χ3n) is 5.28. The first-order chi connectivity index (χ1) is 11.5. The molecule has 0 aromatic heterocycles. The third-order valence-corrected chi connectivity index (χ3v) is 5.28. The lowest BCUT2D eigenvalue weighted by Crippen LogP contribution is -2.48. The second-order valence-corrected chi connectivity index (χ2v) is 7.34. The number of hydrogen-bond donors (Lipinski definition) is 0. The molecule has 2 rings (SSSR count). The number of piperidine rings is 1. The summed E-state index contributed by atoms with van der Waals surface area (Å²) in [5, 5.41) is 0. The third kappa shape index (κ3) is 5.62. The Morgan fingerprint density at radius 2 is 1.58 bits per heavy atom. The van der Waals surface area contributed by atoms with Crippen molar-refractivity contribution in [3.05, 3.63) is 11.6 Å². The topological polar surface area (TPSA) is 43.9 Å². The molecule has 136 valence electrons. The van der Waals surface area contributed by atoms with E-state index in [4.69, 9.17) is 0 Å². The Morgan fingerprint density at radius 1 is 0.958 bits per heavy atom. The summed E-state index contributed by atoms with van der Waals surface area (Å²) < 4.78 is 0. The zero-order valence-corrected chi connectivity index (χ0v) is 15.6. The minimum Gasteiger partial charge on any atom is -0.340 e. The average Bonchev–Trinajstić information content (AvgIpc) is 2.59. The number of piperazine rings is 1. The number of amides is 2. The molecular formula is C19H33N3O2. The van der Waals surface area contributed by atoms with Crippen molar-refractivity contribution >= 4 is 11.8 Å². The highest BCUT2D eigenvalue weighted by molar-refractivity contribution is 5.88. The van der Waals surface area contributed by atoms with Gasteiger partial charge in [0.15, 0.2) is 0 Å². The molecule has 0 aromatic carbocycles. The van der Waals surface area contributed by atoms with Crippen molar-refractivity contribution in [3.63, 3.8) is 0 Å². The molecule has 2 aliphatic rings. The Bertz CT molecular complexity index is 455. The molecule has 0 bridgehead atoms. The van der Waals surface area contributed by atoms with Gasteiger partial charge in [-0.25, -0.2) is 0 Å². The van der Waals surface area contributed by atoms with Crippen LogP contribution in [0.15, 0.2) is 11.6 Å². The minimum atomic E-state index is 0.137. The summed E-state index contributed by atoms with van der Waals surface area (Å²) in [4.78, 5) is 30.7. The fourth-order valence-corrected chi connectivity index (χ4v) is 3.58. The standard InChI is InChI=1S/C19H33N3O2/c1-4-20-11-13-22(14-12-20)18(23)6-5-17-7-9-21(10-8-17)19(24)15-16(2)3/h15,17H,4-14H2,1-3H3. The number of carbonyl (C=O) groups is 2. The van der Waals surface area contributed by atoms with Gasteiger partial charge < -0.3 is 14.7 Å². The number of hydrogen-bond acceptors (Lipinski definition) is 3. The minimum absolute atomic E-state index is 0.137. The lowest BCUT2D eigenvalue weighted by atomic mass is 9.92. The van der Waals surface area contributed by atoms with Gasteiger partial charge in [-0.15, -0.1) is 0 Å². The monoisotopic (exact) mass is 335 g/mol. The second kappa shape index (κ2) is 9.21. The Hall–Kier alpha value is -1.36. The van der Waals surface area contributed by atoms with Gasteiger partial charge in [-0.2, -0.15) is 0 Å². The molecular weight excluding hydrogens is 302 g/mol. The molecule has 2 saturated heterocycles. The number of likely N-dealkylation sites (N-methyl/N-ethyl adjacent to an activating group) is 1. The fourth-order valence-electron chi connectivity index (χ4n) is 3.58. The molecule has 0 aliphatic carbocycles. The van der Waals surface area contributed by atoms with Crippen molar-refractivity contribution in [1.82, 2.24) is 14.7 Å². The van der Waals surface area contributed by atoms with Gasteiger partial charge >= 0.3 is 0 Å². The van der Waals surface area contributed by atoms with E-state index in [0.29, 0.717) is 18.2 Å². The lowest BCUT2D eigenvalue weighted by Gasteiger charge is -2.35. The first kappa shape index (κ1) is 19.0. The van der Waals surface area contributed by atoms with Gasteiger partial charge in [-0.3, -0.25) is 9.59 Å². The Labute approximate surface area is 146 Å². The van der Waals surface area contributed by atoms with E-state index in [1.165, 1.54) is 0 Å². The Morgan fingerprint density at radius 3 is 2.12 bits per heavy atom. The predicted octanol–water partition coefficient (Wildman–Crippen LogP) is 2.14. The van der Waals surface area contributed by atoms with Crippen LogP contribution in [0.2, 0.25) is 0 Å². The molecule has 5 heteroatoms. The molecule has 2 aliphatic heterocycles. The van der Waals surface area contributed by atoms with Crippen molar-refractivity contribution in [2.45, 2.75) is 46.5 Å². The first-order valence-corrected chi connectivity index (χ1v) is 9.43. The van der Waals surface area contributed by atoms with Crippen LogP contribution in [0.4, 0.5) is 0 Å². The maximum atomic E-state index is 12.4. The number of rotatable bonds is 5. The zero-order chi connectivity index (χ0) is 17.5. The molecule has 0 unspecified atom stereocenters. The van der Waals surface area contributed by atoms with E-state index < -0.39 is 0 Å². The van der Waals surface area contributed by atoms with Crippen LogP contribution in [0.25, 0.3) is 0 Å². The van der Waals surface area contributed by atoms with E-state index in [9.17, 15) is 9.59 Å². The number of allylic oxidation sites excluding steroid dienone is 1. The number of likely N-dealkylation sites (tertiary alicyclic amines) is 1. The van der Waals surface area contributed by atoms with Crippen LogP contribution in [-0.2, 0) is 9.59 Å². The summed E-state index contributed by atoms with van der Waals surface area (Å²) in [6, 6.07) is 0. The van der Waals surface area contributed by atoms with Crippen molar-refractivity contribution in [1.29, 1.82) is 0 Å². The fraction of sp³-hybridized carbons (Fsp3) is 0.789. The van der Waals surface area contributed by atoms with Crippen molar-refractivity contribution < 1.29 is 9.59 Å². The highest BCUT2D eigenvalue weighted by atomic mass is 16.2. The molecule has 2 heterocycles. The molecule has 0 aromatic rings. The van der Waals surface area contributed by atoms with Crippen molar-refractivity contribution in [3.8, 4) is 0 Å². The summed E-state index contributed by atoms with van der Waals surface area (Å²) >= 11 is 0. The van der Waals surface area contributed by atoms with Gasteiger partial charge in [0.1, 0.15) is 0 Å². The summed E-state index contributed by atoms with van der Waals surface area (Å²) in [5.41, 5.74) is 1.05. The Balaban J connectivity index is 1.66. The average molecular weight is 335 g/mol. The maximum Gasteiger partial charge on any atom is 0.246 e. The van der Waals surface area contributed by atoms with Crippen LogP contribution in [0.1, 0.15) is 46.5 Å². The number of carbonyl (C=O) groups excluding carboxylic acids is 2. The number of nitrogens with zero attached hydrogens (tertiary/aromatic N) is 3. The van der Waals surface area contributed by atoms with Crippen molar-refractivity contribution in [2.75, 3.05) is 45.8 Å². The van der Waals surface area contributed by atoms with E-state index in [1.807, 2.05) is 23.6 Å². The zero-order valence-electron chi connectivity index (χ0n) is 15.6. The second-order valence-electron chi connectivity index (χ2n) is 7.34. The molecule has 0 atom stereocenters. The van der Waals surface area contributed by atoms with E-state index in [-0.39, 0.29) is 5.91 Å². The van der Waals surface area contributed by atoms with E-state index in [2.05, 4.69) is 11.8 Å². The molecule has 5 nitrogen and oxygen atoms in total. The van der Waals surface area contributed by atoms with E-state index >= 15 is 0 Å². The summed E-state index contributed by atoms with van der Waals surface area (Å²) in [7, 11) is 0. The van der Waals surface area contributed by atoms with Crippen LogP contribution >= 0.6 is 0 Å². The molecule has 0 spiro atoms. The van der Waals surface area contributed by atoms with E-state index in [1.54, 1.807) is 6.08 Å². The highest BCUT2D eigenvalue weighted by Crippen LogP contribution is 2.23. The lowest BCUT2D eigenvalue weighted by molar-refractivity contribution is -0.133. The van der Waals surface area contributed by atoms with Crippen LogP contribution < -0.4 is 0 Å². The van der Waals surface area contributed by atoms with E-state index in [0.717, 1.165) is 70.6 Å². The summed E-state index contributed by atoms with van der Waals surface area (Å²) in [6.45, 7) is 12.6. The molecule has 0 N–H and O–H groups in total. The van der Waals surface area contributed by atoms with Gasteiger partial charge in [0.2, 0.25) is 11.8 Å². The molecule has 0 radical (unpaired) electrons. The van der Waals surface area contributed by atoms with Crippen LogP contribution in [0.3, 0.4) is 0 Å². The molecule has 0 saturated carbocycles. The predicted molar refractivity (Wildman–Crippen MR) is 96.7 cm³/mol. The highest BCUT2D eigenvalue weighted by Gasteiger charge is 2.24. The molecule has 2 fully saturated rings. The van der Waals surface area contributed by atoms with Gasteiger partial charge in [0.25, 0.3) is 0 Å². The van der Waals surface area contributed by atoms with Gasteiger partial charge in [0, 0.05) is 51.8 Å². The van der Waals surface area contributed by atoms with Crippen molar-refractivity contribution in [2.24, 2.45) is 5.92 Å². The summed E-state index contributed by atoms with van der Waals surface area (Å²) in [5.74, 6) is 1.04. The van der Waals surface area contributed by atoms with Gasteiger partial charge in [-0.1, -0.05) is 12.5 Å². The van der Waals surface area contributed by atoms with Crippen LogP contribution in [0, 0.1) is 5.92 Å². The van der Waals surface area contributed by atoms with Gasteiger partial charge in [-0.05, 0) is 45.6 Å². The molecule has 24 heavy (non-hydrogen) atoms. The Kier molecular flexibility index (Phi) is 7.28. The normalized spacial score (nSPS) is 20.1. The van der Waals surface area contributed by atoms with Crippen LogP contribution in [-0.4, -0.2) is 72.3 Å². The SMILES string of the molecule is CCN1CCN(C(=O)CCC2CCN(C(=O)C=C(C)C)CC2)CC1. The molecule has 2 amide bonds.